The predicted octanol–water partition coefficient (Wildman–Crippen LogP) is 3.92. The van der Waals surface area contributed by atoms with Gasteiger partial charge in [0, 0.05) is 30.5 Å². The van der Waals surface area contributed by atoms with E-state index in [9.17, 15) is 9.59 Å². The van der Waals surface area contributed by atoms with Gasteiger partial charge in [0.1, 0.15) is 11.6 Å². The minimum absolute atomic E-state index is 0.00136. The van der Waals surface area contributed by atoms with Crippen LogP contribution >= 0.6 is 0 Å². The Morgan fingerprint density at radius 3 is 2.34 bits per heavy atom. The summed E-state index contributed by atoms with van der Waals surface area (Å²) < 4.78 is 0. The summed E-state index contributed by atoms with van der Waals surface area (Å²) in [5.41, 5.74) is 4.32. The molecular weight excluding hydrogens is 476 g/mol. The van der Waals surface area contributed by atoms with Crippen molar-refractivity contribution in [2.24, 2.45) is 5.92 Å². The highest BCUT2D eigenvalue weighted by Gasteiger charge is 2.54. The molecule has 1 spiro atoms. The maximum absolute atomic E-state index is 13.9. The molecule has 2 aromatic heterocycles. The van der Waals surface area contributed by atoms with Crippen molar-refractivity contribution >= 4 is 11.8 Å². The molecule has 8 heteroatoms. The standard InChI is InChI=1S/C30H38N6O2/c1-20(2)18-25-28(37)36(19-24-12-8-9-15-31-24)30(29(38)32-25)13-16-35(17-14-30)27(23-10-6-5-7-11-23)26-21(3)33-34-22(26)4/h5-12,15,20,25,27H,13-14,16-19H2,1-4H3,(H,32,38)(H,33,34). The molecule has 4 heterocycles. The van der Waals surface area contributed by atoms with Gasteiger partial charge < -0.3 is 10.2 Å². The van der Waals surface area contributed by atoms with E-state index in [0.29, 0.717) is 44.8 Å². The third-order valence-electron chi connectivity index (χ3n) is 8.13. The van der Waals surface area contributed by atoms with E-state index in [-0.39, 0.29) is 17.9 Å². The fourth-order valence-corrected chi connectivity index (χ4v) is 6.20. The van der Waals surface area contributed by atoms with Gasteiger partial charge in [0.15, 0.2) is 0 Å². The first-order chi connectivity index (χ1) is 18.3. The summed E-state index contributed by atoms with van der Waals surface area (Å²) in [6.07, 6.45) is 3.49. The van der Waals surface area contributed by atoms with E-state index in [2.05, 4.69) is 70.4 Å². The Morgan fingerprint density at radius 1 is 1.03 bits per heavy atom. The third-order valence-corrected chi connectivity index (χ3v) is 8.13. The van der Waals surface area contributed by atoms with Crippen LogP contribution in [0.2, 0.25) is 0 Å². The molecule has 200 valence electrons. The number of carbonyl (C=O) groups excluding carboxylic acids is 2. The van der Waals surface area contributed by atoms with Gasteiger partial charge in [0.2, 0.25) is 11.8 Å². The van der Waals surface area contributed by atoms with Gasteiger partial charge in [-0.05, 0) is 56.7 Å². The van der Waals surface area contributed by atoms with E-state index < -0.39 is 11.6 Å². The summed E-state index contributed by atoms with van der Waals surface area (Å²) in [5, 5.41) is 10.7. The SMILES string of the molecule is Cc1n[nH]c(C)c1C(c1ccccc1)N1CCC2(CC1)C(=O)NC(CC(C)C)C(=O)N2Cc1ccccn1. The van der Waals surface area contributed by atoms with E-state index in [1.54, 1.807) is 6.20 Å². The predicted molar refractivity (Wildman–Crippen MR) is 146 cm³/mol. The number of H-pyrrole nitrogens is 1. The van der Waals surface area contributed by atoms with Crippen molar-refractivity contribution in [3.8, 4) is 0 Å². The van der Waals surface area contributed by atoms with Crippen molar-refractivity contribution < 1.29 is 9.59 Å². The van der Waals surface area contributed by atoms with Gasteiger partial charge >= 0.3 is 0 Å². The van der Waals surface area contributed by atoms with Gasteiger partial charge in [-0.25, -0.2) is 0 Å². The van der Waals surface area contributed by atoms with Crippen molar-refractivity contribution in [2.75, 3.05) is 13.1 Å². The summed E-state index contributed by atoms with van der Waals surface area (Å²) in [4.78, 5) is 36.4. The molecule has 2 aliphatic rings. The van der Waals surface area contributed by atoms with Crippen LogP contribution in [0.3, 0.4) is 0 Å². The molecule has 3 aromatic rings. The first kappa shape index (κ1) is 26.1. The third kappa shape index (κ3) is 4.85. The highest BCUT2D eigenvalue weighted by molar-refractivity contribution is 6.00. The Hall–Kier alpha value is -3.52. The maximum Gasteiger partial charge on any atom is 0.246 e. The number of amides is 2. The fraction of sp³-hybridized carbons (Fsp3) is 0.467. The number of nitrogens with one attached hydrogen (secondary N) is 2. The number of rotatable bonds is 7. The Kier molecular flexibility index (Phi) is 7.34. The van der Waals surface area contributed by atoms with Crippen molar-refractivity contribution in [3.05, 3.63) is 82.9 Å². The number of likely N-dealkylation sites (tertiary alicyclic amines) is 1. The Balaban J connectivity index is 1.46. The Morgan fingerprint density at radius 2 is 1.74 bits per heavy atom. The molecule has 0 radical (unpaired) electrons. The molecule has 2 N–H and O–H groups in total. The van der Waals surface area contributed by atoms with Crippen LogP contribution in [0, 0.1) is 19.8 Å². The zero-order chi connectivity index (χ0) is 26.9. The minimum Gasteiger partial charge on any atom is -0.342 e. The molecule has 2 aliphatic heterocycles. The number of piperazine rings is 1. The molecule has 2 unspecified atom stereocenters. The molecule has 38 heavy (non-hydrogen) atoms. The average Bonchev–Trinajstić information content (AvgIpc) is 3.25. The topological polar surface area (TPSA) is 94.2 Å². The van der Waals surface area contributed by atoms with Gasteiger partial charge in [-0.2, -0.15) is 5.10 Å². The van der Waals surface area contributed by atoms with Crippen molar-refractivity contribution in [3.63, 3.8) is 0 Å². The zero-order valence-corrected chi connectivity index (χ0v) is 22.8. The van der Waals surface area contributed by atoms with E-state index in [0.717, 1.165) is 17.1 Å². The van der Waals surface area contributed by atoms with Crippen molar-refractivity contribution in [1.29, 1.82) is 0 Å². The lowest BCUT2D eigenvalue weighted by Gasteiger charge is -2.52. The monoisotopic (exact) mass is 514 g/mol. The van der Waals surface area contributed by atoms with E-state index in [4.69, 9.17) is 0 Å². The number of aromatic amines is 1. The van der Waals surface area contributed by atoms with Crippen molar-refractivity contribution in [1.82, 2.24) is 30.3 Å². The zero-order valence-electron chi connectivity index (χ0n) is 22.8. The molecule has 5 rings (SSSR count). The normalized spacial score (nSPS) is 20.7. The lowest BCUT2D eigenvalue weighted by molar-refractivity contribution is -0.163. The second kappa shape index (κ2) is 10.7. The fourth-order valence-electron chi connectivity index (χ4n) is 6.20. The smallest absolute Gasteiger partial charge is 0.246 e. The van der Waals surface area contributed by atoms with Crippen LogP contribution in [-0.4, -0.2) is 61.5 Å². The molecule has 1 aromatic carbocycles. The largest absolute Gasteiger partial charge is 0.342 e. The Bertz CT molecular complexity index is 1240. The summed E-state index contributed by atoms with van der Waals surface area (Å²) >= 11 is 0. The molecule has 0 aliphatic carbocycles. The van der Waals surface area contributed by atoms with Crippen LogP contribution in [0.5, 0.6) is 0 Å². The molecule has 2 amide bonds. The van der Waals surface area contributed by atoms with E-state index >= 15 is 0 Å². The van der Waals surface area contributed by atoms with E-state index in [1.807, 2.05) is 36.1 Å². The molecule has 2 saturated heterocycles. The minimum atomic E-state index is -0.889. The van der Waals surface area contributed by atoms with Gasteiger partial charge in [0.25, 0.3) is 0 Å². The van der Waals surface area contributed by atoms with Gasteiger partial charge in [0.05, 0.1) is 24.0 Å². The number of hydrogen-bond acceptors (Lipinski definition) is 5. The second-order valence-electron chi connectivity index (χ2n) is 11.1. The lowest BCUT2D eigenvalue weighted by Crippen LogP contribution is -2.72. The number of nitrogens with zero attached hydrogens (tertiary/aromatic N) is 4. The molecular formula is C30H38N6O2. The van der Waals surface area contributed by atoms with Crippen LogP contribution in [0.1, 0.15) is 67.4 Å². The first-order valence-electron chi connectivity index (χ1n) is 13.6. The molecule has 8 nitrogen and oxygen atoms in total. The number of carbonyl (C=O) groups is 2. The quantitative estimate of drug-likeness (QED) is 0.499. The molecule has 0 saturated carbocycles. The first-order valence-corrected chi connectivity index (χ1v) is 13.6. The number of aromatic nitrogens is 3. The summed E-state index contributed by atoms with van der Waals surface area (Å²) in [7, 11) is 0. The molecule has 0 bridgehead atoms. The number of piperidine rings is 1. The van der Waals surface area contributed by atoms with Gasteiger partial charge in [-0.15, -0.1) is 0 Å². The molecule has 2 atom stereocenters. The molecule has 2 fully saturated rings. The summed E-state index contributed by atoms with van der Waals surface area (Å²) in [5.74, 6) is 0.258. The van der Waals surface area contributed by atoms with Crippen LogP contribution in [0.15, 0.2) is 54.7 Å². The Labute approximate surface area is 224 Å². The number of benzene rings is 1. The highest BCUT2D eigenvalue weighted by atomic mass is 16.2. The van der Waals surface area contributed by atoms with Gasteiger partial charge in [-0.1, -0.05) is 50.2 Å². The van der Waals surface area contributed by atoms with Crippen molar-refractivity contribution in [2.45, 2.75) is 71.1 Å². The van der Waals surface area contributed by atoms with Crippen LogP contribution in [-0.2, 0) is 16.1 Å². The summed E-state index contributed by atoms with van der Waals surface area (Å²) in [6.45, 7) is 9.95. The second-order valence-corrected chi connectivity index (χ2v) is 11.1. The van der Waals surface area contributed by atoms with Crippen LogP contribution < -0.4 is 5.32 Å². The van der Waals surface area contributed by atoms with Gasteiger partial charge in [-0.3, -0.25) is 24.6 Å². The van der Waals surface area contributed by atoms with Crippen LogP contribution in [0.4, 0.5) is 0 Å². The highest BCUT2D eigenvalue weighted by Crippen LogP contribution is 2.40. The summed E-state index contributed by atoms with van der Waals surface area (Å²) in [6, 6.07) is 15.7. The van der Waals surface area contributed by atoms with E-state index in [1.165, 1.54) is 11.1 Å². The number of hydrogen-bond donors (Lipinski definition) is 2. The lowest BCUT2D eigenvalue weighted by atomic mass is 9.79. The van der Waals surface area contributed by atoms with Crippen LogP contribution in [0.25, 0.3) is 0 Å². The average molecular weight is 515 g/mol. The number of aryl methyl sites for hydroxylation is 2. The number of pyridine rings is 1. The maximum atomic E-state index is 13.9.